The average Bonchev–Trinajstić information content (AvgIpc) is 3.67. The molecule has 0 unspecified atom stereocenters. The summed E-state index contributed by atoms with van der Waals surface area (Å²) in [7, 11) is 0. The molecule has 4 aromatic rings. The van der Waals surface area contributed by atoms with Crippen LogP contribution in [-0.4, -0.2) is 35.1 Å². The molecule has 2 N–H and O–H groups in total. The third kappa shape index (κ3) is 2.66. The average molecular weight is 548 g/mol. The van der Waals surface area contributed by atoms with Gasteiger partial charge in [-0.05, 0) is 72.5 Å². The number of nitrogens with one attached hydrogen (secondary N) is 2. The van der Waals surface area contributed by atoms with Crippen molar-refractivity contribution in [3.63, 3.8) is 0 Å². The molecule has 4 atom stereocenters. The summed E-state index contributed by atoms with van der Waals surface area (Å²) in [6.07, 6.45) is 1.54. The Hall–Kier alpha value is -4.00. The Labute approximate surface area is 236 Å². The molecule has 2 amide bonds. The van der Waals surface area contributed by atoms with Gasteiger partial charge in [0.1, 0.15) is 11.0 Å². The number of rotatable bonds is 2. The minimum Gasteiger partial charge on any atom is -0.325 e. The minimum absolute atomic E-state index is 0.119. The van der Waals surface area contributed by atoms with Gasteiger partial charge in [-0.2, -0.15) is 0 Å². The Morgan fingerprint density at radius 3 is 2.52 bits per heavy atom. The van der Waals surface area contributed by atoms with Gasteiger partial charge in [-0.3, -0.25) is 19.3 Å². The maximum Gasteiger partial charge on any atom is 0.251 e. The Bertz CT molecular complexity index is 1820. The highest BCUT2D eigenvalue weighted by Crippen LogP contribution is 2.68. The first-order valence-electron chi connectivity index (χ1n) is 13.7. The van der Waals surface area contributed by atoms with Crippen LogP contribution < -0.4 is 10.6 Å². The van der Waals surface area contributed by atoms with E-state index in [1.807, 2.05) is 85.8 Å². The van der Waals surface area contributed by atoms with Crippen LogP contribution in [-0.2, 0) is 20.5 Å². The largest absolute Gasteiger partial charge is 0.325 e. The molecule has 4 aliphatic heterocycles. The van der Waals surface area contributed by atoms with Crippen molar-refractivity contribution in [1.29, 1.82) is 0 Å². The fourth-order valence-electron chi connectivity index (χ4n) is 8.33. The molecule has 8 rings (SSSR count). The van der Waals surface area contributed by atoms with Crippen molar-refractivity contribution in [2.45, 2.75) is 36.8 Å². The van der Waals surface area contributed by atoms with Crippen LogP contribution in [0.4, 0.5) is 11.4 Å². The predicted molar refractivity (Wildman–Crippen MR) is 155 cm³/mol. The molecule has 2 spiro atoms. The van der Waals surface area contributed by atoms with Gasteiger partial charge in [-0.25, -0.2) is 0 Å². The molecule has 4 aliphatic rings. The Morgan fingerprint density at radius 2 is 1.68 bits per heavy atom. The Balaban J connectivity index is 1.46. The first-order valence-corrected chi connectivity index (χ1v) is 14.1. The van der Waals surface area contributed by atoms with E-state index in [0.717, 1.165) is 22.8 Å². The number of carbonyl (C=O) groups excluding carboxylic acids is 3. The van der Waals surface area contributed by atoms with Crippen molar-refractivity contribution in [3.8, 4) is 0 Å². The van der Waals surface area contributed by atoms with E-state index in [2.05, 4.69) is 15.5 Å². The monoisotopic (exact) mass is 547 g/mol. The molecule has 0 bridgehead atoms. The van der Waals surface area contributed by atoms with Gasteiger partial charge < -0.3 is 10.6 Å². The number of hydrogen-bond donors (Lipinski definition) is 2. The van der Waals surface area contributed by atoms with Crippen LogP contribution in [0.15, 0.2) is 78.9 Å². The lowest BCUT2D eigenvalue weighted by Crippen LogP contribution is -2.62. The SMILES string of the molecule is Cc1cc(Cl)cc2c1NC(=O)[C@@]21N2CCC[C@@H]2[C@@H](C(=O)c2ccc3ccccc3c2)[C@]12C(=O)Nc1ccccc12. The molecule has 7 heteroatoms. The molecule has 0 aliphatic carbocycles. The van der Waals surface area contributed by atoms with E-state index in [1.54, 1.807) is 0 Å². The van der Waals surface area contributed by atoms with Crippen molar-refractivity contribution in [2.24, 2.45) is 5.92 Å². The number of amides is 2. The van der Waals surface area contributed by atoms with Crippen molar-refractivity contribution in [3.05, 3.63) is 106 Å². The summed E-state index contributed by atoms with van der Waals surface area (Å²) in [5.74, 6) is -1.49. The molecular weight excluding hydrogens is 522 g/mol. The van der Waals surface area contributed by atoms with E-state index in [4.69, 9.17) is 11.6 Å². The number of hydrogen-bond acceptors (Lipinski definition) is 4. The molecule has 40 heavy (non-hydrogen) atoms. The second-order valence-corrected chi connectivity index (χ2v) is 11.9. The molecule has 4 heterocycles. The minimum atomic E-state index is -1.48. The van der Waals surface area contributed by atoms with Gasteiger partial charge >= 0.3 is 0 Å². The number of fused-ring (bicyclic) bond motifs is 8. The summed E-state index contributed by atoms with van der Waals surface area (Å²) in [5.41, 5.74) is 1.15. The summed E-state index contributed by atoms with van der Waals surface area (Å²) in [4.78, 5) is 46.2. The van der Waals surface area contributed by atoms with Crippen LogP contribution >= 0.6 is 11.6 Å². The molecule has 2 saturated heterocycles. The van der Waals surface area contributed by atoms with E-state index >= 15 is 0 Å². The second-order valence-electron chi connectivity index (χ2n) is 11.4. The number of aryl methyl sites for hydroxylation is 1. The first kappa shape index (κ1) is 23.9. The van der Waals surface area contributed by atoms with Gasteiger partial charge in [0.15, 0.2) is 5.78 Å². The lowest BCUT2D eigenvalue weighted by molar-refractivity contribution is -0.137. The normalized spacial score (nSPS) is 28.1. The van der Waals surface area contributed by atoms with Crippen LogP contribution in [0.3, 0.4) is 0 Å². The maximum absolute atomic E-state index is 14.9. The lowest BCUT2D eigenvalue weighted by atomic mass is 9.57. The highest BCUT2D eigenvalue weighted by atomic mass is 35.5. The van der Waals surface area contributed by atoms with Gasteiger partial charge in [-0.1, -0.05) is 66.2 Å². The quantitative estimate of drug-likeness (QED) is 0.310. The zero-order chi connectivity index (χ0) is 27.4. The second kappa shape index (κ2) is 8.03. The van der Waals surface area contributed by atoms with Gasteiger partial charge in [0.2, 0.25) is 5.91 Å². The molecule has 0 saturated carbocycles. The molecule has 4 aromatic carbocycles. The zero-order valence-electron chi connectivity index (χ0n) is 21.8. The molecule has 198 valence electrons. The Kier molecular flexibility index (Phi) is 4.79. The number of ketones is 1. The molecule has 6 nitrogen and oxygen atoms in total. The van der Waals surface area contributed by atoms with Gasteiger partial charge in [0.25, 0.3) is 5.91 Å². The van der Waals surface area contributed by atoms with E-state index in [-0.39, 0.29) is 23.6 Å². The standard InChI is InChI=1S/C33H26ClN3O3/c1-18-15-22(34)17-24-28(18)36-31(40)33(24)32(23-9-4-5-10-25(23)35-30(32)39)27(26-11-6-14-37(26)33)29(38)21-13-12-19-7-2-3-8-20(19)16-21/h2-5,7-10,12-13,15-17,26-27H,6,11,14H2,1H3,(H,35,39)(H,36,40)/t26-,27+,32-,33+/m1/s1. The maximum atomic E-state index is 14.9. The number of nitrogens with zero attached hydrogens (tertiary/aromatic N) is 1. The van der Waals surface area contributed by atoms with Crippen LogP contribution in [0.2, 0.25) is 5.02 Å². The molecular formula is C33H26ClN3O3. The molecule has 2 fully saturated rings. The fraction of sp³-hybridized carbons (Fsp3) is 0.242. The van der Waals surface area contributed by atoms with Gasteiger partial charge in [0, 0.05) is 33.6 Å². The van der Waals surface area contributed by atoms with Crippen molar-refractivity contribution < 1.29 is 14.4 Å². The van der Waals surface area contributed by atoms with Crippen LogP contribution in [0.25, 0.3) is 10.8 Å². The highest BCUT2D eigenvalue weighted by Gasteiger charge is 2.81. The smallest absolute Gasteiger partial charge is 0.251 e. The van der Waals surface area contributed by atoms with Crippen LogP contribution in [0.5, 0.6) is 0 Å². The first-order chi connectivity index (χ1) is 19.4. The van der Waals surface area contributed by atoms with E-state index in [0.29, 0.717) is 46.1 Å². The zero-order valence-corrected chi connectivity index (χ0v) is 22.6. The molecule has 0 aromatic heterocycles. The van der Waals surface area contributed by atoms with Gasteiger partial charge in [0.05, 0.1) is 5.92 Å². The van der Waals surface area contributed by atoms with Crippen molar-refractivity contribution in [2.75, 3.05) is 17.2 Å². The summed E-state index contributed by atoms with van der Waals surface area (Å²) in [6, 6.07) is 24.5. The summed E-state index contributed by atoms with van der Waals surface area (Å²) in [6.45, 7) is 2.51. The van der Waals surface area contributed by atoms with E-state index < -0.39 is 16.9 Å². The number of benzene rings is 4. The number of Topliss-reactive ketones (excluding diaryl/α,β-unsaturated/α-hetero) is 1. The Morgan fingerprint density at radius 1 is 0.900 bits per heavy atom. The third-order valence-electron chi connectivity index (χ3n) is 9.68. The fourth-order valence-corrected chi connectivity index (χ4v) is 8.61. The summed E-state index contributed by atoms with van der Waals surface area (Å²) >= 11 is 6.64. The topological polar surface area (TPSA) is 78.5 Å². The van der Waals surface area contributed by atoms with Crippen molar-refractivity contribution >= 4 is 51.3 Å². The number of carbonyl (C=O) groups is 3. The van der Waals surface area contributed by atoms with E-state index in [9.17, 15) is 14.4 Å². The van der Waals surface area contributed by atoms with Gasteiger partial charge in [-0.15, -0.1) is 0 Å². The summed E-state index contributed by atoms with van der Waals surface area (Å²) in [5, 5.41) is 8.71. The van der Waals surface area contributed by atoms with Crippen LogP contribution in [0, 0.1) is 12.8 Å². The van der Waals surface area contributed by atoms with E-state index in [1.165, 1.54) is 0 Å². The highest BCUT2D eigenvalue weighted by molar-refractivity contribution is 6.31. The number of para-hydroxylation sites is 1. The number of halogens is 1. The molecule has 0 radical (unpaired) electrons. The lowest BCUT2D eigenvalue weighted by Gasteiger charge is -2.43. The predicted octanol–water partition coefficient (Wildman–Crippen LogP) is 5.82. The van der Waals surface area contributed by atoms with Crippen LogP contribution in [0.1, 0.15) is 39.9 Å². The number of anilines is 2. The third-order valence-corrected chi connectivity index (χ3v) is 9.90. The van der Waals surface area contributed by atoms with Crippen molar-refractivity contribution in [1.82, 2.24) is 4.90 Å². The summed E-state index contributed by atoms with van der Waals surface area (Å²) < 4.78 is 0.